The second-order valence-electron chi connectivity index (χ2n) is 7.87. The molecule has 0 aromatic heterocycles. The summed E-state index contributed by atoms with van der Waals surface area (Å²) in [7, 11) is 0. The van der Waals surface area contributed by atoms with E-state index in [2.05, 4.69) is 41.3 Å². The van der Waals surface area contributed by atoms with Gasteiger partial charge < -0.3 is 5.11 Å². The van der Waals surface area contributed by atoms with Crippen molar-refractivity contribution in [3.8, 4) is 6.07 Å². The number of fused-ring (bicyclic) bond motifs is 2. The Bertz CT molecular complexity index is 764. The zero-order valence-corrected chi connectivity index (χ0v) is 15.1. The SMILES string of the molecule is N#CCc1ccc(C2(O)CC3CCCC(C2)N3Cc2ccccc2)cc1. The van der Waals surface area contributed by atoms with Crippen LogP contribution < -0.4 is 0 Å². The second-order valence-corrected chi connectivity index (χ2v) is 7.87. The Kier molecular flexibility index (Phi) is 4.80. The van der Waals surface area contributed by atoms with E-state index in [1.165, 1.54) is 12.0 Å². The van der Waals surface area contributed by atoms with Crippen LogP contribution in [0.1, 0.15) is 48.8 Å². The smallest absolute Gasteiger partial charge is 0.0926 e. The number of nitriles is 1. The van der Waals surface area contributed by atoms with E-state index in [4.69, 9.17) is 5.26 Å². The van der Waals surface area contributed by atoms with Gasteiger partial charge in [-0.15, -0.1) is 0 Å². The Morgan fingerprint density at radius 1 is 0.962 bits per heavy atom. The molecule has 0 radical (unpaired) electrons. The zero-order chi connectivity index (χ0) is 18.0. The summed E-state index contributed by atoms with van der Waals surface area (Å²) in [6.07, 6.45) is 5.62. The van der Waals surface area contributed by atoms with Crippen molar-refractivity contribution in [1.29, 1.82) is 5.26 Å². The van der Waals surface area contributed by atoms with Gasteiger partial charge in [-0.05, 0) is 42.4 Å². The van der Waals surface area contributed by atoms with Crippen molar-refractivity contribution in [2.24, 2.45) is 0 Å². The molecule has 2 bridgehead atoms. The van der Waals surface area contributed by atoms with Crippen LogP contribution in [0.2, 0.25) is 0 Å². The lowest BCUT2D eigenvalue weighted by atomic mass is 9.72. The van der Waals surface area contributed by atoms with Crippen LogP contribution in [-0.2, 0) is 18.6 Å². The Labute approximate surface area is 155 Å². The summed E-state index contributed by atoms with van der Waals surface area (Å²) in [4.78, 5) is 2.62. The number of hydrogen-bond donors (Lipinski definition) is 1. The summed E-state index contributed by atoms with van der Waals surface area (Å²) >= 11 is 0. The third kappa shape index (κ3) is 3.40. The molecule has 2 atom stereocenters. The first-order valence-corrected chi connectivity index (χ1v) is 9.66. The second kappa shape index (κ2) is 7.23. The minimum Gasteiger partial charge on any atom is -0.385 e. The topological polar surface area (TPSA) is 47.3 Å². The van der Waals surface area contributed by atoms with Gasteiger partial charge in [0, 0.05) is 18.6 Å². The van der Waals surface area contributed by atoms with Crippen molar-refractivity contribution in [3.05, 3.63) is 71.3 Å². The van der Waals surface area contributed by atoms with Crippen LogP contribution in [0.4, 0.5) is 0 Å². The van der Waals surface area contributed by atoms with Crippen molar-refractivity contribution in [2.75, 3.05) is 0 Å². The van der Waals surface area contributed by atoms with Crippen LogP contribution in [0.3, 0.4) is 0 Å². The van der Waals surface area contributed by atoms with Crippen LogP contribution in [0.15, 0.2) is 54.6 Å². The number of piperidine rings is 2. The van der Waals surface area contributed by atoms with Gasteiger partial charge in [0.25, 0.3) is 0 Å². The van der Waals surface area contributed by atoms with Crippen LogP contribution >= 0.6 is 0 Å². The summed E-state index contributed by atoms with van der Waals surface area (Å²) < 4.78 is 0. The largest absolute Gasteiger partial charge is 0.385 e. The molecule has 26 heavy (non-hydrogen) atoms. The normalized spacial score (nSPS) is 28.5. The third-order valence-electron chi connectivity index (χ3n) is 6.14. The maximum absolute atomic E-state index is 11.5. The number of aliphatic hydroxyl groups is 1. The van der Waals surface area contributed by atoms with Gasteiger partial charge in [0.15, 0.2) is 0 Å². The number of rotatable bonds is 4. The molecule has 0 aliphatic carbocycles. The molecule has 3 heteroatoms. The monoisotopic (exact) mass is 346 g/mol. The maximum atomic E-state index is 11.5. The highest BCUT2D eigenvalue weighted by molar-refractivity contribution is 5.30. The van der Waals surface area contributed by atoms with E-state index in [9.17, 15) is 5.11 Å². The van der Waals surface area contributed by atoms with Gasteiger partial charge >= 0.3 is 0 Å². The van der Waals surface area contributed by atoms with E-state index in [1.54, 1.807) is 0 Å². The maximum Gasteiger partial charge on any atom is 0.0926 e. The first kappa shape index (κ1) is 17.3. The van der Waals surface area contributed by atoms with Gasteiger partial charge in [-0.2, -0.15) is 5.26 Å². The van der Waals surface area contributed by atoms with E-state index in [-0.39, 0.29) is 0 Å². The molecule has 2 unspecified atom stereocenters. The molecule has 2 aromatic rings. The van der Waals surface area contributed by atoms with Gasteiger partial charge in [-0.25, -0.2) is 0 Å². The average Bonchev–Trinajstić information content (AvgIpc) is 2.64. The lowest BCUT2D eigenvalue weighted by Gasteiger charge is -2.52. The molecule has 2 aliphatic heterocycles. The van der Waals surface area contributed by atoms with Gasteiger partial charge in [0.05, 0.1) is 18.1 Å². The van der Waals surface area contributed by atoms with E-state index < -0.39 is 5.60 Å². The van der Waals surface area contributed by atoms with Crippen molar-refractivity contribution in [1.82, 2.24) is 4.90 Å². The molecule has 2 aromatic carbocycles. The molecule has 2 saturated heterocycles. The highest BCUT2D eigenvalue weighted by atomic mass is 16.3. The van der Waals surface area contributed by atoms with Crippen molar-refractivity contribution in [3.63, 3.8) is 0 Å². The van der Waals surface area contributed by atoms with Crippen molar-refractivity contribution >= 4 is 0 Å². The number of nitrogens with zero attached hydrogens (tertiary/aromatic N) is 2. The average molecular weight is 346 g/mol. The first-order chi connectivity index (χ1) is 12.7. The van der Waals surface area contributed by atoms with Gasteiger partial charge in [-0.3, -0.25) is 4.90 Å². The van der Waals surface area contributed by atoms with Gasteiger partial charge in [0.2, 0.25) is 0 Å². The van der Waals surface area contributed by atoms with E-state index >= 15 is 0 Å². The third-order valence-corrected chi connectivity index (χ3v) is 6.14. The fourth-order valence-electron chi connectivity index (χ4n) is 4.83. The predicted molar refractivity (Wildman–Crippen MR) is 102 cm³/mol. The molecule has 2 aliphatic rings. The van der Waals surface area contributed by atoms with Gasteiger partial charge in [0.1, 0.15) is 0 Å². The quantitative estimate of drug-likeness (QED) is 0.904. The lowest BCUT2D eigenvalue weighted by molar-refractivity contribution is -0.0999. The fraction of sp³-hybridized carbons (Fsp3) is 0.435. The Morgan fingerprint density at radius 2 is 1.62 bits per heavy atom. The fourth-order valence-corrected chi connectivity index (χ4v) is 4.83. The number of hydrogen-bond acceptors (Lipinski definition) is 3. The molecule has 2 heterocycles. The number of benzene rings is 2. The van der Waals surface area contributed by atoms with Gasteiger partial charge in [-0.1, -0.05) is 61.0 Å². The molecule has 0 saturated carbocycles. The minimum atomic E-state index is -0.742. The van der Waals surface area contributed by atoms with E-state index in [1.807, 2.05) is 24.3 Å². The van der Waals surface area contributed by atoms with E-state index in [0.29, 0.717) is 18.5 Å². The molecule has 134 valence electrons. The molecule has 2 fully saturated rings. The zero-order valence-electron chi connectivity index (χ0n) is 15.1. The Balaban J connectivity index is 1.54. The van der Waals surface area contributed by atoms with Crippen LogP contribution in [0.5, 0.6) is 0 Å². The molecule has 0 spiro atoms. The standard InChI is InChI=1S/C23H26N2O/c24-14-13-18-9-11-20(12-10-18)23(26)15-21-7-4-8-22(16-23)25(21)17-19-5-2-1-3-6-19/h1-3,5-6,9-12,21-22,26H,4,7-8,13,15-17H2. The summed E-state index contributed by atoms with van der Waals surface area (Å²) in [6, 6.07) is 21.8. The molecular weight excluding hydrogens is 320 g/mol. The van der Waals surface area contributed by atoms with Crippen LogP contribution in [-0.4, -0.2) is 22.1 Å². The summed E-state index contributed by atoms with van der Waals surface area (Å²) in [5.74, 6) is 0. The summed E-state index contributed by atoms with van der Waals surface area (Å²) in [5.41, 5.74) is 2.64. The predicted octanol–water partition coefficient (Wildman–Crippen LogP) is 4.16. The minimum absolute atomic E-state index is 0.425. The highest BCUT2D eigenvalue weighted by Crippen LogP contribution is 2.44. The lowest BCUT2D eigenvalue weighted by Crippen LogP contribution is -2.56. The Morgan fingerprint density at radius 3 is 2.23 bits per heavy atom. The first-order valence-electron chi connectivity index (χ1n) is 9.66. The molecule has 1 N–H and O–H groups in total. The summed E-state index contributed by atoms with van der Waals surface area (Å²) in [6.45, 7) is 0.980. The molecule has 4 rings (SSSR count). The molecular formula is C23H26N2O. The Hall–Kier alpha value is -2.15. The molecule has 0 amide bonds. The highest BCUT2D eigenvalue weighted by Gasteiger charge is 2.46. The summed E-state index contributed by atoms with van der Waals surface area (Å²) in [5, 5.41) is 20.3. The van der Waals surface area contributed by atoms with E-state index in [0.717, 1.165) is 43.4 Å². The van der Waals surface area contributed by atoms with Crippen LogP contribution in [0.25, 0.3) is 0 Å². The van der Waals surface area contributed by atoms with Crippen molar-refractivity contribution in [2.45, 2.75) is 62.8 Å². The van der Waals surface area contributed by atoms with Crippen LogP contribution in [0, 0.1) is 11.3 Å². The molecule has 3 nitrogen and oxygen atoms in total. The van der Waals surface area contributed by atoms with Crippen molar-refractivity contribution < 1.29 is 5.11 Å².